The fourth-order valence-electron chi connectivity index (χ4n) is 3.21. The third-order valence-electron chi connectivity index (χ3n) is 4.48. The van der Waals surface area contributed by atoms with E-state index in [-0.39, 0.29) is 28.3 Å². The second kappa shape index (κ2) is 7.72. The maximum absolute atomic E-state index is 13.9. The minimum absolute atomic E-state index is 0.0226. The van der Waals surface area contributed by atoms with E-state index in [1.54, 1.807) is 0 Å². The zero-order valence-corrected chi connectivity index (χ0v) is 15.2. The molecule has 26 heavy (non-hydrogen) atoms. The molecule has 3 rings (SSSR count). The van der Waals surface area contributed by atoms with Crippen LogP contribution >= 0.6 is 23.2 Å². The van der Waals surface area contributed by atoms with Gasteiger partial charge in [-0.3, -0.25) is 9.59 Å². The Balaban J connectivity index is 1.85. The number of hydrogen-bond donors (Lipinski definition) is 0. The quantitative estimate of drug-likeness (QED) is 0.675. The molecular weight excluding hydrogens is 383 g/mol. The molecule has 3 nitrogen and oxygen atoms in total. The number of hydrogen-bond acceptors (Lipinski definition) is 2. The predicted octanol–water partition coefficient (Wildman–Crippen LogP) is 5.07. The number of anilines is 1. The summed E-state index contributed by atoms with van der Waals surface area (Å²) in [4.78, 5) is 24.8. The molecule has 1 saturated heterocycles. The maximum Gasteiger partial charge on any atom is 0.227 e. The van der Waals surface area contributed by atoms with E-state index >= 15 is 0 Å². The van der Waals surface area contributed by atoms with Gasteiger partial charge in [0.2, 0.25) is 5.91 Å². The van der Waals surface area contributed by atoms with Crippen molar-refractivity contribution < 1.29 is 18.4 Å². The molecule has 2 aromatic carbocycles. The molecule has 1 aliphatic heterocycles. The second-order valence-corrected chi connectivity index (χ2v) is 7.11. The van der Waals surface area contributed by atoms with Gasteiger partial charge in [0.15, 0.2) is 0 Å². The molecule has 136 valence electrons. The van der Waals surface area contributed by atoms with Gasteiger partial charge in [-0.2, -0.15) is 0 Å². The summed E-state index contributed by atoms with van der Waals surface area (Å²) >= 11 is 12.4. The van der Waals surface area contributed by atoms with Crippen LogP contribution in [0.2, 0.25) is 10.0 Å². The van der Waals surface area contributed by atoms with Crippen molar-refractivity contribution in [2.75, 3.05) is 11.4 Å². The number of halogens is 4. The lowest BCUT2D eigenvalue weighted by Crippen LogP contribution is -2.41. The van der Waals surface area contributed by atoms with Crippen molar-refractivity contribution in [3.8, 4) is 0 Å². The average Bonchev–Trinajstić information content (AvgIpc) is 2.59. The summed E-state index contributed by atoms with van der Waals surface area (Å²) in [6.07, 6.45) is 1.86. The van der Waals surface area contributed by atoms with Gasteiger partial charge in [-0.1, -0.05) is 29.3 Å². The molecule has 1 amide bonds. The molecule has 1 heterocycles. The Morgan fingerprint density at radius 2 is 1.85 bits per heavy atom. The number of amides is 1. The largest absolute Gasteiger partial charge is 0.309 e. The monoisotopic (exact) mass is 397 g/mol. The van der Waals surface area contributed by atoms with Crippen LogP contribution in [-0.2, 0) is 11.2 Å². The van der Waals surface area contributed by atoms with Gasteiger partial charge in [-0.05, 0) is 42.5 Å². The molecule has 1 fully saturated rings. The summed E-state index contributed by atoms with van der Waals surface area (Å²) in [6, 6.07) is 6.39. The summed E-state index contributed by atoms with van der Waals surface area (Å²) in [5.74, 6) is -1.38. The van der Waals surface area contributed by atoms with Gasteiger partial charge >= 0.3 is 0 Å². The maximum atomic E-state index is 13.9. The lowest BCUT2D eigenvalue weighted by atomic mass is 9.90. The van der Waals surface area contributed by atoms with Gasteiger partial charge in [0.25, 0.3) is 0 Å². The Hall–Kier alpha value is -1.98. The first-order valence-electron chi connectivity index (χ1n) is 8.07. The number of rotatable bonds is 4. The number of carbonyl (C=O) groups is 2. The van der Waals surface area contributed by atoms with Crippen LogP contribution in [0.25, 0.3) is 0 Å². The molecule has 1 atom stereocenters. The summed E-state index contributed by atoms with van der Waals surface area (Å²) in [6.45, 7) is 0.315. The minimum atomic E-state index is -0.625. The first-order chi connectivity index (χ1) is 12.4. The van der Waals surface area contributed by atoms with E-state index in [0.29, 0.717) is 42.5 Å². The predicted molar refractivity (Wildman–Crippen MR) is 97.0 cm³/mol. The number of nitrogens with zero attached hydrogens (tertiary/aromatic N) is 1. The molecule has 7 heteroatoms. The van der Waals surface area contributed by atoms with E-state index in [2.05, 4.69) is 0 Å². The molecule has 0 bridgehead atoms. The SMILES string of the molecule is O=Cc1cc(Cl)c(N2CC(Cc3ccc(F)cc3F)CCC2=O)c(Cl)c1. The highest BCUT2D eigenvalue weighted by Gasteiger charge is 2.30. The third-order valence-corrected chi connectivity index (χ3v) is 5.05. The minimum Gasteiger partial charge on any atom is -0.309 e. The highest BCUT2D eigenvalue weighted by atomic mass is 35.5. The van der Waals surface area contributed by atoms with E-state index in [9.17, 15) is 18.4 Å². The van der Waals surface area contributed by atoms with Crippen LogP contribution in [0.4, 0.5) is 14.5 Å². The van der Waals surface area contributed by atoms with Gasteiger partial charge in [-0.25, -0.2) is 8.78 Å². The normalized spacial score (nSPS) is 17.5. The number of aldehydes is 1. The molecule has 0 saturated carbocycles. The Morgan fingerprint density at radius 1 is 1.15 bits per heavy atom. The molecule has 0 aromatic heterocycles. The van der Waals surface area contributed by atoms with Crippen LogP contribution in [0.15, 0.2) is 30.3 Å². The number of benzene rings is 2. The van der Waals surface area contributed by atoms with Crippen molar-refractivity contribution in [3.63, 3.8) is 0 Å². The van der Waals surface area contributed by atoms with Crippen molar-refractivity contribution in [1.82, 2.24) is 0 Å². The smallest absolute Gasteiger partial charge is 0.227 e. The molecule has 1 aliphatic rings. The van der Waals surface area contributed by atoms with Gasteiger partial charge in [0, 0.05) is 24.6 Å². The van der Waals surface area contributed by atoms with E-state index in [1.807, 2.05) is 0 Å². The first kappa shape index (κ1) is 18.8. The summed E-state index contributed by atoms with van der Waals surface area (Å²) in [7, 11) is 0. The van der Waals surface area contributed by atoms with E-state index < -0.39 is 11.6 Å². The van der Waals surface area contributed by atoms with Crippen LogP contribution in [0, 0.1) is 17.6 Å². The number of piperidine rings is 1. The zero-order chi connectivity index (χ0) is 18.8. The Labute approximate surface area is 159 Å². The molecule has 1 unspecified atom stereocenters. The van der Waals surface area contributed by atoms with Crippen LogP contribution in [0.5, 0.6) is 0 Å². The molecule has 2 aromatic rings. The highest BCUT2D eigenvalue weighted by molar-refractivity contribution is 6.40. The fraction of sp³-hybridized carbons (Fsp3) is 0.263. The van der Waals surface area contributed by atoms with Gasteiger partial charge in [-0.15, -0.1) is 0 Å². The zero-order valence-electron chi connectivity index (χ0n) is 13.6. The standard InChI is InChI=1S/C19H15Cl2F2NO2/c20-15-6-12(10-25)7-16(21)19(15)24-9-11(1-4-18(24)26)5-13-2-3-14(22)8-17(13)23/h2-3,6-8,10-11H,1,4-5,9H2. The number of carbonyl (C=O) groups excluding carboxylic acids is 2. The Morgan fingerprint density at radius 3 is 2.46 bits per heavy atom. The van der Waals surface area contributed by atoms with Crippen molar-refractivity contribution >= 4 is 41.1 Å². The van der Waals surface area contributed by atoms with Crippen LogP contribution in [0.1, 0.15) is 28.8 Å². The van der Waals surface area contributed by atoms with Crippen molar-refractivity contribution in [2.24, 2.45) is 5.92 Å². The third kappa shape index (κ3) is 3.89. The van der Waals surface area contributed by atoms with Crippen molar-refractivity contribution in [2.45, 2.75) is 19.3 Å². The average molecular weight is 398 g/mol. The molecule has 0 spiro atoms. The lowest BCUT2D eigenvalue weighted by Gasteiger charge is -2.34. The first-order valence-corrected chi connectivity index (χ1v) is 8.83. The van der Waals surface area contributed by atoms with Gasteiger partial charge < -0.3 is 4.90 Å². The summed E-state index contributed by atoms with van der Waals surface area (Å²) in [5, 5.41) is 0.420. The summed E-state index contributed by atoms with van der Waals surface area (Å²) in [5.41, 5.74) is 1.07. The van der Waals surface area contributed by atoms with Crippen LogP contribution in [0.3, 0.4) is 0 Å². The Kier molecular flexibility index (Phi) is 5.58. The van der Waals surface area contributed by atoms with E-state index in [1.165, 1.54) is 29.2 Å². The lowest BCUT2D eigenvalue weighted by molar-refractivity contribution is -0.120. The van der Waals surface area contributed by atoms with Crippen LogP contribution < -0.4 is 4.90 Å². The fourth-order valence-corrected chi connectivity index (χ4v) is 3.91. The van der Waals surface area contributed by atoms with E-state index in [4.69, 9.17) is 23.2 Å². The molecule has 0 radical (unpaired) electrons. The molecule has 0 N–H and O–H groups in total. The van der Waals surface area contributed by atoms with E-state index in [0.717, 1.165) is 6.07 Å². The van der Waals surface area contributed by atoms with Gasteiger partial charge in [0.05, 0.1) is 15.7 Å². The second-order valence-electron chi connectivity index (χ2n) is 6.30. The Bertz CT molecular complexity index is 850. The summed E-state index contributed by atoms with van der Waals surface area (Å²) < 4.78 is 27.0. The van der Waals surface area contributed by atoms with Crippen molar-refractivity contribution in [3.05, 3.63) is 63.1 Å². The van der Waals surface area contributed by atoms with Crippen LogP contribution in [-0.4, -0.2) is 18.7 Å². The molecule has 0 aliphatic carbocycles. The highest BCUT2D eigenvalue weighted by Crippen LogP contribution is 2.38. The van der Waals surface area contributed by atoms with Gasteiger partial charge in [0.1, 0.15) is 17.9 Å². The topological polar surface area (TPSA) is 37.4 Å². The molecular formula is C19H15Cl2F2NO2. The van der Waals surface area contributed by atoms with Crippen molar-refractivity contribution in [1.29, 1.82) is 0 Å².